The van der Waals surface area contributed by atoms with Gasteiger partial charge in [-0.1, -0.05) is 53.6 Å². The van der Waals surface area contributed by atoms with Gasteiger partial charge in [-0.25, -0.2) is 0 Å². The summed E-state index contributed by atoms with van der Waals surface area (Å²) < 4.78 is 5.60. The maximum atomic E-state index is 12.9. The third-order valence-electron chi connectivity index (χ3n) is 4.22. The molecule has 0 aromatic heterocycles. The van der Waals surface area contributed by atoms with Gasteiger partial charge in [-0.3, -0.25) is 9.59 Å². The Kier molecular flexibility index (Phi) is 7.88. The van der Waals surface area contributed by atoms with Gasteiger partial charge >= 0.3 is 0 Å². The minimum absolute atomic E-state index is 0.00903. The lowest BCUT2D eigenvalue weighted by Crippen LogP contribution is -2.50. The number of nitrogens with one attached hydrogen (secondary N) is 1. The van der Waals surface area contributed by atoms with Gasteiger partial charge in [-0.2, -0.15) is 0 Å². The molecule has 0 spiro atoms. The van der Waals surface area contributed by atoms with Crippen molar-refractivity contribution in [3.63, 3.8) is 0 Å². The summed E-state index contributed by atoms with van der Waals surface area (Å²) in [7, 11) is 0. The first-order chi connectivity index (χ1) is 13.3. The second-order valence-electron chi connectivity index (χ2n) is 7.07. The summed E-state index contributed by atoms with van der Waals surface area (Å²) in [5.74, 6) is -0.0473. The van der Waals surface area contributed by atoms with Crippen molar-refractivity contribution >= 4 is 23.4 Å². The third kappa shape index (κ3) is 6.27. The molecule has 5 nitrogen and oxygen atoms in total. The molecule has 0 unspecified atom stereocenters. The van der Waals surface area contributed by atoms with Gasteiger partial charge in [0.1, 0.15) is 11.8 Å². The first kappa shape index (κ1) is 21.8. The second-order valence-corrected chi connectivity index (χ2v) is 7.48. The molecule has 2 amide bonds. The highest BCUT2D eigenvalue weighted by molar-refractivity contribution is 6.32. The number of amides is 2. The van der Waals surface area contributed by atoms with E-state index in [0.717, 1.165) is 11.1 Å². The number of nitrogens with zero attached hydrogens (tertiary/aromatic N) is 1. The van der Waals surface area contributed by atoms with Gasteiger partial charge in [-0.15, -0.1) is 0 Å². The molecule has 150 valence electrons. The highest BCUT2D eigenvalue weighted by Gasteiger charge is 2.27. The summed E-state index contributed by atoms with van der Waals surface area (Å²) >= 11 is 6.09. The average Bonchev–Trinajstić information content (AvgIpc) is 2.64. The molecule has 6 heteroatoms. The Hall–Kier alpha value is -2.53. The molecule has 0 aliphatic heterocycles. The van der Waals surface area contributed by atoms with Crippen LogP contribution in [-0.4, -0.2) is 35.4 Å². The summed E-state index contributed by atoms with van der Waals surface area (Å²) in [6.45, 7) is 7.61. The van der Waals surface area contributed by atoms with Crippen molar-refractivity contribution in [2.45, 2.75) is 46.3 Å². The number of benzene rings is 2. The van der Waals surface area contributed by atoms with E-state index in [2.05, 4.69) is 5.32 Å². The van der Waals surface area contributed by atoms with Crippen LogP contribution >= 0.6 is 11.6 Å². The fourth-order valence-corrected chi connectivity index (χ4v) is 2.97. The first-order valence-corrected chi connectivity index (χ1v) is 9.68. The minimum atomic E-state index is -0.634. The molecule has 0 heterocycles. The van der Waals surface area contributed by atoms with E-state index in [4.69, 9.17) is 16.3 Å². The Bertz CT molecular complexity index is 823. The quantitative estimate of drug-likeness (QED) is 0.726. The molecular formula is C22H27ClN2O3. The zero-order valence-corrected chi connectivity index (χ0v) is 17.5. The van der Waals surface area contributed by atoms with Crippen molar-refractivity contribution in [2.24, 2.45) is 0 Å². The van der Waals surface area contributed by atoms with Crippen LogP contribution in [0.25, 0.3) is 0 Å². The summed E-state index contributed by atoms with van der Waals surface area (Å²) in [6, 6.07) is 14.2. The van der Waals surface area contributed by atoms with E-state index in [1.165, 1.54) is 4.90 Å². The standard InChI is InChI=1S/C22H27ClN2O3/c1-15(2)24-22(27)17(4)25(13-18-9-7-8-16(3)12-18)21(26)14-28-20-11-6-5-10-19(20)23/h5-12,15,17H,13-14H2,1-4H3,(H,24,27)/t17-/m1/s1. The molecule has 2 aromatic rings. The van der Waals surface area contributed by atoms with Crippen LogP contribution < -0.4 is 10.1 Å². The number of rotatable bonds is 8. The SMILES string of the molecule is Cc1cccc(CN(C(=O)COc2ccccc2Cl)[C@H](C)C(=O)NC(C)C)c1. The van der Waals surface area contributed by atoms with Crippen LogP contribution in [0.2, 0.25) is 5.02 Å². The van der Waals surface area contributed by atoms with Gasteiger partial charge in [0, 0.05) is 12.6 Å². The Morgan fingerprint density at radius 3 is 2.46 bits per heavy atom. The third-order valence-corrected chi connectivity index (χ3v) is 4.53. The van der Waals surface area contributed by atoms with E-state index in [-0.39, 0.29) is 24.5 Å². The Balaban J connectivity index is 2.17. The predicted molar refractivity (Wildman–Crippen MR) is 111 cm³/mol. The van der Waals surface area contributed by atoms with E-state index in [9.17, 15) is 9.59 Å². The molecule has 0 bridgehead atoms. The van der Waals surface area contributed by atoms with Crippen molar-refractivity contribution in [1.82, 2.24) is 10.2 Å². The smallest absolute Gasteiger partial charge is 0.261 e. The molecule has 0 fully saturated rings. The number of aryl methyl sites for hydroxylation is 1. The molecule has 1 N–H and O–H groups in total. The van der Waals surface area contributed by atoms with Gasteiger partial charge in [0.15, 0.2) is 6.61 Å². The summed E-state index contributed by atoms with van der Waals surface area (Å²) in [5.41, 5.74) is 2.05. The van der Waals surface area contributed by atoms with E-state index in [1.54, 1.807) is 31.2 Å². The molecular weight excluding hydrogens is 376 g/mol. The molecule has 0 saturated carbocycles. The van der Waals surface area contributed by atoms with Crippen LogP contribution in [0.4, 0.5) is 0 Å². The van der Waals surface area contributed by atoms with Crippen LogP contribution in [-0.2, 0) is 16.1 Å². The molecule has 2 aromatic carbocycles. The number of halogens is 1. The maximum absolute atomic E-state index is 12.9. The van der Waals surface area contributed by atoms with Crippen molar-refractivity contribution in [3.8, 4) is 5.75 Å². The maximum Gasteiger partial charge on any atom is 0.261 e. The van der Waals surface area contributed by atoms with E-state index < -0.39 is 6.04 Å². The highest BCUT2D eigenvalue weighted by atomic mass is 35.5. The lowest BCUT2D eigenvalue weighted by atomic mass is 10.1. The van der Waals surface area contributed by atoms with Crippen LogP contribution in [0.1, 0.15) is 31.9 Å². The number of carbonyl (C=O) groups excluding carboxylic acids is 2. The molecule has 1 atom stereocenters. The molecule has 0 saturated heterocycles. The normalized spacial score (nSPS) is 11.8. The average molecular weight is 403 g/mol. The lowest BCUT2D eigenvalue weighted by Gasteiger charge is -2.29. The van der Waals surface area contributed by atoms with Gasteiger partial charge in [0.25, 0.3) is 5.91 Å². The summed E-state index contributed by atoms with van der Waals surface area (Å²) in [6.07, 6.45) is 0. The predicted octanol–water partition coefficient (Wildman–Crippen LogP) is 3.97. The molecule has 28 heavy (non-hydrogen) atoms. The van der Waals surface area contributed by atoms with Crippen molar-refractivity contribution < 1.29 is 14.3 Å². The fraction of sp³-hybridized carbons (Fsp3) is 0.364. The van der Waals surface area contributed by atoms with Crippen LogP contribution in [0.3, 0.4) is 0 Å². The molecule has 2 rings (SSSR count). The van der Waals surface area contributed by atoms with Crippen LogP contribution in [0.15, 0.2) is 48.5 Å². The lowest BCUT2D eigenvalue weighted by molar-refractivity contribution is -0.142. The monoisotopic (exact) mass is 402 g/mol. The zero-order chi connectivity index (χ0) is 20.7. The summed E-state index contributed by atoms with van der Waals surface area (Å²) in [5, 5.41) is 3.30. The molecule has 0 aliphatic carbocycles. The fourth-order valence-electron chi connectivity index (χ4n) is 2.78. The van der Waals surface area contributed by atoms with Crippen LogP contribution in [0.5, 0.6) is 5.75 Å². The van der Waals surface area contributed by atoms with E-state index in [1.807, 2.05) is 45.0 Å². The number of carbonyl (C=O) groups is 2. The van der Waals surface area contributed by atoms with Gasteiger partial charge in [0.05, 0.1) is 5.02 Å². The number of para-hydroxylation sites is 1. The van der Waals surface area contributed by atoms with Crippen molar-refractivity contribution in [3.05, 3.63) is 64.7 Å². The molecule has 0 aliphatic rings. The number of hydrogen-bond acceptors (Lipinski definition) is 3. The highest BCUT2D eigenvalue weighted by Crippen LogP contribution is 2.23. The van der Waals surface area contributed by atoms with Crippen molar-refractivity contribution in [2.75, 3.05) is 6.61 Å². The number of hydrogen-bond donors (Lipinski definition) is 1. The van der Waals surface area contributed by atoms with Crippen LogP contribution in [0, 0.1) is 6.92 Å². The topological polar surface area (TPSA) is 58.6 Å². The van der Waals surface area contributed by atoms with Gasteiger partial charge in [-0.05, 0) is 45.4 Å². The van der Waals surface area contributed by atoms with Gasteiger partial charge < -0.3 is 15.0 Å². The Morgan fingerprint density at radius 2 is 1.82 bits per heavy atom. The Morgan fingerprint density at radius 1 is 1.11 bits per heavy atom. The van der Waals surface area contributed by atoms with E-state index >= 15 is 0 Å². The number of ether oxygens (including phenoxy) is 1. The largest absolute Gasteiger partial charge is 0.482 e. The first-order valence-electron chi connectivity index (χ1n) is 9.30. The second kappa shape index (κ2) is 10.1. The zero-order valence-electron chi connectivity index (χ0n) is 16.7. The summed E-state index contributed by atoms with van der Waals surface area (Å²) in [4.78, 5) is 27.0. The molecule has 0 radical (unpaired) electrons. The minimum Gasteiger partial charge on any atom is -0.482 e. The van der Waals surface area contributed by atoms with E-state index in [0.29, 0.717) is 17.3 Å². The van der Waals surface area contributed by atoms with Crippen molar-refractivity contribution in [1.29, 1.82) is 0 Å². The Labute approximate surface area is 171 Å². The van der Waals surface area contributed by atoms with Gasteiger partial charge in [0.2, 0.25) is 5.91 Å².